The van der Waals surface area contributed by atoms with Gasteiger partial charge in [-0.1, -0.05) is 48.5 Å². The van der Waals surface area contributed by atoms with Crippen LogP contribution >= 0.6 is 0 Å². The average Bonchev–Trinajstić information content (AvgIpc) is 3.13. The summed E-state index contributed by atoms with van der Waals surface area (Å²) in [5.74, 6) is 1.37. The van der Waals surface area contributed by atoms with E-state index in [4.69, 9.17) is 33.2 Å². The fraction of sp³-hybridized carbons (Fsp3) is 0.500. The van der Waals surface area contributed by atoms with E-state index in [2.05, 4.69) is 11.0 Å². The summed E-state index contributed by atoms with van der Waals surface area (Å²) in [5, 5.41) is 10.5. The van der Waals surface area contributed by atoms with Crippen molar-refractivity contribution >= 4 is 11.8 Å². The van der Waals surface area contributed by atoms with Crippen LogP contribution in [0.3, 0.4) is 0 Å². The van der Waals surface area contributed by atoms with Gasteiger partial charge in [0.25, 0.3) is 0 Å². The van der Waals surface area contributed by atoms with Gasteiger partial charge in [0, 0.05) is 33.3 Å². The van der Waals surface area contributed by atoms with Crippen LogP contribution in [0.1, 0.15) is 36.0 Å². The third kappa shape index (κ3) is 10.3. The number of methoxy groups -OCH3 is 2. The van der Waals surface area contributed by atoms with Gasteiger partial charge in [0.05, 0.1) is 64.0 Å². The smallest absolute Gasteiger partial charge is 0.410 e. The Hall–Kier alpha value is -3.87. The third-order valence-electron chi connectivity index (χ3n) is 8.73. The van der Waals surface area contributed by atoms with E-state index < -0.39 is 24.4 Å². The molecule has 1 saturated heterocycles. The van der Waals surface area contributed by atoms with Crippen molar-refractivity contribution in [1.82, 2.24) is 4.90 Å². The Morgan fingerprint density at radius 1 is 0.918 bits per heavy atom. The first-order valence-corrected chi connectivity index (χ1v) is 17.1. The Morgan fingerprint density at radius 3 is 2.43 bits per heavy atom. The van der Waals surface area contributed by atoms with Crippen molar-refractivity contribution in [3.63, 3.8) is 0 Å². The number of fused-ring (bicyclic) bond motifs is 1. The number of benzene rings is 3. The van der Waals surface area contributed by atoms with Gasteiger partial charge in [-0.3, -0.25) is 0 Å². The molecule has 1 fully saturated rings. The van der Waals surface area contributed by atoms with Crippen molar-refractivity contribution in [1.29, 1.82) is 0 Å². The van der Waals surface area contributed by atoms with Crippen molar-refractivity contribution in [2.24, 2.45) is 0 Å². The Kier molecular flexibility index (Phi) is 13.9. The van der Waals surface area contributed by atoms with Crippen LogP contribution in [-0.4, -0.2) is 108 Å². The van der Waals surface area contributed by atoms with Gasteiger partial charge in [-0.25, -0.2) is 4.79 Å². The molecular formula is C38H50N2O9. The van der Waals surface area contributed by atoms with Crippen LogP contribution in [0.5, 0.6) is 11.5 Å². The molecule has 266 valence electrons. The second kappa shape index (κ2) is 18.8. The van der Waals surface area contributed by atoms with E-state index in [1.54, 1.807) is 12.0 Å². The number of hydrogen-bond acceptors (Lipinski definition) is 10. The van der Waals surface area contributed by atoms with Crippen LogP contribution in [0.4, 0.5) is 10.5 Å². The monoisotopic (exact) mass is 678 g/mol. The first kappa shape index (κ1) is 36.4. The SMILES string of the molecule is CCOc1ccc([C@@H]2[C@@H](OCc3ccc4c(c3)N(CCCOC)CCO4)CN(C(=O)OCc3ccccc3)C[C@H]2OC[C@H](O)COC)cc1. The summed E-state index contributed by atoms with van der Waals surface area (Å²) >= 11 is 0. The molecule has 3 aromatic carbocycles. The largest absolute Gasteiger partial charge is 0.494 e. The number of carbonyl (C=O) groups is 1. The molecule has 2 heterocycles. The van der Waals surface area contributed by atoms with E-state index in [-0.39, 0.29) is 32.3 Å². The average molecular weight is 679 g/mol. The van der Waals surface area contributed by atoms with E-state index in [9.17, 15) is 9.90 Å². The molecule has 4 atom stereocenters. The molecule has 0 spiro atoms. The standard InChI is InChI=1S/C38H50N2O9/c1-4-45-32-14-12-30(13-15-32)37-35(47-25-29-11-16-34-33(21-29)39(18-20-46-34)17-8-19-43-2)22-40(23-36(37)48-27-31(41)26-44-3)38(42)49-24-28-9-6-5-7-10-28/h5-7,9-16,21,31,35-37,41H,4,8,17-20,22-27H2,1-3H3/t31-,35+,36-,37-/m1/s1. The summed E-state index contributed by atoms with van der Waals surface area (Å²) < 4.78 is 40.9. The predicted octanol–water partition coefficient (Wildman–Crippen LogP) is 5.03. The fourth-order valence-electron chi connectivity index (χ4n) is 6.35. The lowest BCUT2D eigenvalue weighted by molar-refractivity contribution is -0.109. The van der Waals surface area contributed by atoms with Gasteiger partial charge in [0.15, 0.2) is 0 Å². The molecule has 0 bridgehead atoms. The van der Waals surface area contributed by atoms with Gasteiger partial charge in [-0.15, -0.1) is 0 Å². The summed E-state index contributed by atoms with van der Waals surface area (Å²) in [7, 11) is 3.25. The van der Waals surface area contributed by atoms with Crippen molar-refractivity contribution in [3.8, 4) is 11.5 Å². The van der Waals surface area contributed by atoms with Crippen molar-refractivity contribution in [2.45, 2.75) is 50.8 Å². The summed E-state index contributed by atoms with van der Waals surface area (Å²) in [6, 6.07) is 23.6. The number of carbonyl (C=O) groups excluding carboxylic acids is 1. The molecule has 2 aliphatic rings. The van der Waals surface area contributed by atoms with Gasteiger partial charge in [-0.2, -0.15) is 0 Å². The molecular weight excluding hydrogens is 628 g/mol. The van der Waals surface area contributed by atoms with Crippen molar-refractivity contribution in [3.05, 3.63) is 89.5 Å². The zero-order chi connectivity index (χ0) is 34.4. The van der Waals surface area contributed by atoms with E-state index in [0.717, 1.165) is 53.4 Å². The second-order valence-corrected chi connectivity index (χ2v) is 12.3. The van der Waals surface area contributed by atoms with E-state index in [1.807, 2.05) is 73.7 Å². The number of anilines is 1. The van der Waals surface area contributed by atoms with Gasteiger partial charge in [0.2, 0.25) is 0 Å². The highest BCUT2D eigenvalue weighted by Crippen LogP contribution is 2.36. The Bertz CT molecular complexity index is 1420. The molecule has 1 N–H and O–H groups in total. The molecule has 0 aliphatic carbocycles. The van der Waals surface area contributed by atoms with Gasteiger partial charge < -0.3 is 48.1 Å². The maximum atomic E-state index is 13.5. The van der Waals surface area contributed by atoms with Crippen LogP contribution in [0.15, 0.2) is 72.8 Å². The number of hydrogen-bond donors (Lipinski definition) is 1. The zero-order valence-corrected chi connectivity index (χ0v) is 28.8. The minimum Gasteiger partial charge on any atom is -0.494 e. The summed E-state index contributed by atoms with van der Waals surface area (Å²) in [5.41, 5.74) is 3.91. The summed E-state index contributed by atoms with van der Waals surface area (Å²) in [6.45, 7) is 6.70. The maximum absolute atomic E-state index is 13.5. The molecule has 1 amide bonds. The highest BCUT2D eigenvalue weighted by molar-refractivity contribution is 5.68. The number of likely N-dealkylation sites (tertiary alicyclic amines) is 1. The molecule has 3 aromatic rings. The molecule has 11 nitrogen and oxygen atoms in total. The Balaban J connectivity index is 1.39. The third-order valence-corrected chi connectivity index (χ3v) is 8.73. The molecule has 49 heavy (non-hydrogen) atoms. The maximum Gasteiger partial charge on any atom is 0.410 e. The van der Waals surface area contributed by atoms with Crippen LogP contribution in [0.25, 0.3) is 0 Å². The van der Waals surface area contributed by atoms with Gasteiger partial charge >= 0.3 is 6.09 Å². The second-order valence-electron chi connectivity index (χ2n) is 12.3. The lowest BCUT2D eigenvalue weighted by Gasteiger charge is -2.43. The van der Waals surface area contributed by atoms with E-state index >= 15 is 0 Å². The lowest BCUT2D eigenvalue weighted by atomic mass is 9.84. The van der Waals surface area contributed by atoms with Crippen molar-refractivity contribution < 1.29 is 43.1 Å². The van der Waals surface area contributed by atoms with Gasteiger partial charge in [-0.05, 0) is 54.3 Å². The number of ether oxygens (including phenoxy) is 7. The molecule has 11 heteroatoms. The summed E-state index contributed by atoms with van der Waals surface area (Å²) in [4.78, 5) is 17.5. The van der Waals surface area contributed by atoms with E-state index in [1.165, 1.54) is 7.11 Å². The van der Waals surface area contributed by atoms with Crippen LogP contribution < -0.4 is 14.4 Å². The minimum absolute atomic E-state index is 0.0371. The van der Waals surface area contributed by atoms with Gasteiger partial charge in [0.1, 0.15) is 30.8 Å². The van der Waals surface area contributed by atoms with E-state index in [0.29, 0.717) is 33.0 Å². The number of rotatable bonds is 17. The molecule has 0 radical (unpaired) electrons. The zero-order valence-electron chi connectivity index (χ0n) is 28.8. The van der Waals surface area contributed by atoms with Crippen LogP contribution in [-0.2, 0) is 36.9 Å². The topological polar surface area (TPSA) is 108 Å². The van der Waals surface area contributed by atoms with Crippen LogP contribution in [0, 0.1) is 0 Å². The number of piperidine rings is 1. The van der Waals surface area contributed by atoms with Crippen LogP contribution in [0.2, 0.25) is 0 Å². The minimum atomic E-state index is -0.824. The first-order valence-electron chi connectivity index (χ1n) is 17.1. The quantitative estimate of drug-likeness (QED) is 0.195. The molecule has 5 rings (SSSR count). The molecule has 0 aromatic heterocycles. The summed E-state index contributed by atoms with van der Waals surface area (Å²) in [6.07, 6.45) is -1.31. The highest BCUT2D eigenvalue weighted by atomic mass is 16.6. The number of aliphatic hydroxyl groups is 1. The molecule has 0 saturated carbocycles. The lowest BCUT2D eigenvalue weighted by Crippen LogP contribution is -2.55. The number of aliphatic hydroxyl groups excluding tert-OH is 1. The Labute approximate surface area is 289 Å². The fourth-order valence-corrected chi connectivity index (χ4v) is 6.35. The predicted molar refractivity (Wildman–Crippen MR) is 185 cm³/mol. The Morgan fingerprint density at radius 2 is 1.69 bits per heavy atom. The van der Waals surface area contributed by atoms with Crippen molar-refractivity contribution in [2.75, 3.05) is 78.3 Å². The highest BCUT2D eigenvalue weighted by Gasteiger charge is 2.42. The molecule has 0 unspecified atom stereocenters. The molecule has 2 aliphatic heterocycles. The number of amides is 1. The number of nitrogens with zero attached hydrogens (tertiary/aromatic N) is 2. The first-order chi connectivity index (χ1) is 24.0. The normalized spacial score (nSPS) is 19.6.